The highest BCUT2D eigenvalue weighted by Gasteiger charge is 1.98. The van der Waals surface area contributed by atoms with Gasteiger partial charge in [0.05, 0.1) is 6.54 Å². The maximum atomic E-state index is 5.93. The van der Waals surface area contributed by atoms with Crippen LogP contribution in [0.2, 0.25) is 0 Å². The number of nitrogens with one attached hydrogen (secondary N) is 1. The van der Waals surface area contributed by atoms with E-state index in [-0.39, 0.29) is 0 Å². The largest absolute Gasteiger partial charge is 0.370 e. The molecular weight excluding hydrogens is 294 g/mol. The normalized spacial score (nSPS) is 11.2. The van der Waals surface area contributed by atoms with Gasteiger partial charge in [0.1, 0.15) is 0 Å². The van der Waals surface area contributed by atoms with Gasteiger partial charge < -0.3 is 11.1 Å². The minimum absolute atomic E-state index is 0.464. The number of hydrogen-bond acceptors (Lipinski definition) is 1. The van der Waals surface area contributed by atoms with Gasteiger partial charge in [0.15, 0.2) is 5.96 Å². The first-order valence-corrected chi connectivity index (χ1v) is 8.03. The lowest BCUT2D eigenvalue weighted by Crippen LogP contribution is -2.31. The minimum Gasteiger partial charge on any atom is -0.370 e. The van der Waals surface area contributed by atoms with E-state index in [0.29, 0.717) is 19.0 Å². The highest BCUT2D eigenvalue weighted by molar-refractivity contribution is 5.77. The van der Waals surface area contributed by atoms with E-state index in [2.05, 4.69) is 58.8 Å². The van der Waals surface area contributed by atoms with E-state index in [9.17, 15) is 0 Å². The summed E-state index contributed by atoms with van der Waals surface area (Å²) in [6, 6.07) is 28.9. The van der Waals surface area contributed by atoms with Crippen molar-refractivity contribution in [3.63, 3.8) is 0 Å². The van der Waals surface area contributed by atoms with Crippen LogP contribution in [0, 0.1) is 0 Å². The van der Waals surface area contributed by atoms with Crippen LogP contribution in [-0.2, 0) is 13.1 Å². The Morgan fingerprint density at radius 1 is 0.708 bits per heavy atom. The third-order valence-corrected chi connectivity index (χ3v) is 3.81. The van der Waals surface area contributed by atoms with Crippen LogP contribution in [0.1, 0.15) is 11.1 Å². The van der Waals surface area contributed by atoms with Gasteiger partial charge in [-0.25, -0.2) is 4.99 Å². The van der Waals surface area contributed by atoms with Crippen LogP contribution in [0.4, 0.5) is 0 Å². The first-order chi connectivity index (χ1) is 11.8. The summed E-state index contributed by atoms with van der Waals surface area (Å²) in [5, 5.41) is 3.16. The standard InChI is InChI=1S/C21H21N3/c22-21(23-15-17-7-3-1-4-8-17)24-16-18-11-13-20(14-12-18)19-9-5-2-6-10-19/h1-14H,15-16H2,(H3,22,23,24). The molecule has 0 radical (unpaired) electrons. The van der Waals surface area contributed by atoms with E-state index >= 15 is 0 Å². The Labute approximate surface area is 142 Å². The lowest BCUT2D eigenvalue weighted by molar-refractivity contribution is 0.885. The molecule has 24 heavy (non-hydrogen) atoms. The van der Waals surface area contributed by atoms with Gasteiger partial charge >= 0.3 is 0 Å². The highest BCUT2D eigenvalue weighted by atomic mass is 15.1. The van der Waals surface area contributed by atoms with Crippen molar-refractivity contribution in [1.82, 2.24) is 5.32 Å². The lowest BCUT2D eigenvalue weighted by atomic mass is 10.0. The van der Waals surface area contributed by atoms with E-state index in [1.165, 1.54) is 16.7 Å². The Kier molecular flexibility index (Phi) is 5.25. The van der Waals surface area contributed by atoms with Crippen molar-refractivity contribution in [1.29, 1.82) is 0 Å². The summed E-state index contributed by atoms with van der Waals surface area (Å²) >= 11 is 0. The second kappa shape index (κ2) is 7.97. The van der Waals surface area contributed by atoms with Gasteiger partial charge in [0.25, 0.3) is 0 Å². The fourth-order valence-electron chi connectivity index (χ4n) is 2.45. The zero-order valence-electron chi connectivity index (χ0n) is 13.5. The monoisotopic (exact) mass is 315 g/mol. The van der Waals surface area contributed by atoms with Crippen molar-refractivity contribution in [3.8, 4) is 11.1 Å². The number of hydrogen-bond donors (Lipinski definition) is 2. The van der Waals surface area contributed by atoms with Crippen molar-refractivity contribution < 1.29 is 0 Å². The molecule has 0 saturated carbocycles. The van der Waals surface area contributed by atoms with Crippen molar-refractivity contribution >= 4 is 5.96 Å². The van der Waals surface area contributed by atoms with Crippen LogP contribution < -0.4 is 11.1 Å². The van der Waals surface area contributed by atoms with Gasteiger partial charge in [-0.2, -0.15) is 0 Å². The smallest absolute Gasteiger partial charge is 0.189 e. The number of rotatable bonds is 5. The lowest BCUT2D eigenvalue weighted by Gasteiger charge is -2.07. The fourth-order valence-corrected chi connectivity index (χ4v) is 2.45. The number of nitrogens with zero attached hydrogens (tertiary/aromatic N) is 1. The SMILES string of the molecule is NC(=NCc1ccccc1)NCc1ccc(-c2ccccc2)cc1. The molecule has 0 aliphatic heterocycles. The molecule has 0 spiro atoms. The molecule has 120 valence electrons. The van der Waals surface area contributed by atoms with E-state index < -0.39 is 0 Å². The minimum atomic E-state index is 0.464. The number of guanidine groups is 1. The number of aliphatic imine (C=N–C) groups is 1. The highest BCUT2D eigenvalue weighted by Crippen LogP contribution is 2.19. The first kappa shape index (κ1) is 15.8. The van der Waals surface area contributed by atoms with Gasteiger partial charge in [0.2, 0.25) is 0 Å². The predicted molar refractivity (Wildman–Crippen MR) is 100 cm³/mol. The Morgan fingerprint density at radius 3 is 1.96 bits per heavy atom. The van der Waals surface area contributed by atoms with E-state index in [1.54, 1.807) is 0 Å². The van der Waals surface area contributed by atoms with E-state index in [0.717, 1.165) is 5.56 Å². The molecule has 3 heteroatoms. The zero-order valence-corrected chi connectivity index (χ0v) is 13.5. The molecule has 0 saturated heterocycles. The van der Waals surface area contributed by atoms with Gasteiger partial charge in [-0.05, 0) is 22.3 Å². The second-order valence-electron chi connectivity index (χ2n) is 5.60. The molecule has 0 unspecified atom stereocenters. The van der Waals surface area contributed by atoms with Gasteiger partial charge in [-0.15, -0.1) is 0 Å². The number of benzene rings is 3. The summed E-state index contributed by atoms with van der Waals surface area (Å²) in [6.45, 7) is 1.26. The zero-order chi connectivity index (χ0) is 16.6. The van der Waals surface area contributed by atoms with Crippen LogP contribution in [0.5, 0.6) is 0 Å². The molecule has 0 aliphatic carbocycles. The summed E-state index contributed by atoms with van der Waals surface area (Å²) in [6.07, 6.45) is 0. The molecular formula is C21H21N3. The van der Waals surface area contributed by atoms with Crippen LogP contribution in [0.3, 0.4) is 0 Å². The maximum Gasteiger partial charge on any atom is 0.189 e. The fraction of sp³-hybridized carbons (Fsp3) is 0.0952. The predicted octanol–water partition coefficient (Wildman–Crippen LogP) is 3.96. The second-order valence-corrected chi connectivity index (χ2v) is 5.60. The Balaban J connectivity index is 1.55. The average Bonchev–Trinajstić information content (AvgIpc) is 2.67. The molecule has 0 amide bonds. The molecule has 0 atom stereocenters. The summed E-state index contributed by atoms with van der Waals surface area (Å²) < 4.78 is 0. The molecule has 0 aliphatic rings. The van der Waals surface area contributed by atoms with Gasteiger partial charge in [0, 0.05) is 6.54 Å². The van der Waals surface area contributed by atoms with Crippen LogP contribution in [0.25, 0.3) is 11.1 Å². The van der Waals surface area contributed by atoms with Crippen molar-refractivity contribution in [2.45, 2.75) is 13.1 Å². The molecule has 3 aromatic carbocycles. The molecule has 3 rings (SSSR count). The Morgan fingerprint density at radius 2 is 1.29 bits per heavy atom. The quantitative estimate of drug-likeness (QED) is 0.553. The van der Waals surface area contributed by atoms with Gasteiger partial charge in [-0.3, -0.25) is 0 Å². The van der Waals surface area contributed by atoms with Crippen molar-refractivity contribution in [3.05, 3.63) is 96.1 Å². The number of nitrogens with two attached hydrogens (primary N) is 1. The summed E-state index contributed by atoms with van der Waals surface area (Å²) in [4.78, 5) is 4.36. The van der Waals surface area contributed by atoms with E-state index in [1.807, 2.05) is 36.4 Å². The van der Waals surface area contributed by atoms with Gasteiger partial charge in [-0.1, -0.05) is 84.9 Å². The summed E-state index contributed by atoms with van der Waals surface area (Å²) in [5.41, 5.74) is 10.7. The first-order valence-electron chi connectivity index (χ1n) is 8.03. The molecule has 0 fully saturated rings. The van der Waals surface area contributed by atoms with Crippen molar-refractivity contribution in [2.75, 3.05) is 0 Å². The molecule has 3 nitrogen and oxygen atoms in total. The maximum absolute atomic E-state index is 5.93. The van der Waals surface area contributed by atoms with Crippen LogP contribution >= 0.6 is 0 Å². The molecule has 3 N–H and O–H groups in total. The summed E-state index contributed by atoms with van der Waals surface area (Å²) in [7, 11) is 0. The Hall–Kier alpha value is -3.07. The van der Waals surface area contributed by atoms with Crippen molar-refractivity contribution in [2.24, 2.45) is 10.7 Å². The molecule has 0 heterocycles. The molecule has 0 bridgehead atoms. The third-order valence-electron chi connectivity index (χ3n) is 3.81. The molecule has 3 aromatic rings. The Bertz CT molecular complexity index is 778. The third kappa shape index (κ3) is 4.46. The average molecular weight is 315 g/mol. The van der Waals surface area contributed by atoms with E-state index in [4.69, 9.17) is 5.73 Å². The van der Waals surface area contributed by atoms with Crippen LogP contribution in [-0.4, -0.2) is 5.96 Å². The van der Waals surface area contributed by atoms with Crippen LogP contribution in [0.15, 0.2) is 89.9 Å². The summed E-state index contributed by atoms with van der Waals surface area (Å²) in [5.74, 6) is 0.464. The molecule has 0 aromatic heterocycles. The topological polar surface area (TPSA) is 50.4 Å².